The molecule has 6 nitrogen and oxygen atoms in total. The number of sulfone groups is 1. The molecule has 1 N–H and O–H groups in total. The summed E-state index contributed by atoms with van der Waals surface area (Å²) < 4.78 is 61.7. The maximum atomic E-state index is 12.8. The first kappa shape index (κ1) is 22.0. The summed E-state index contributed by atoms with van der Waals surface area (Å²) >= 11 is 0. The Bertz CT molecular complexity index is 562. The average Bonchev–Trinajstić information content (AvgIpc) is 2.49. The number of guanidine groups is 1. The van der Waals surface area contributed by atoms with E-state index < -0.39 is 26.8 Å². The summed E-state index contributed by atoms with van der Waals surface area (Å²) in [5.41, 5.74) is 0. The molecule has 148 valence electrons. The van der Waals surface area contributed by atoms with Gasteiger partial charge in [0.15, 0.2) is 15.8 Å². The number of rotatable bonds is 4. The topological polar surface area (TPSA) is 65.0 Å². The zero-order chi connectivity index (χ0) is 19.5. The lowest BCUT2D eigenvalue weighted by atomic mass is 10.2. The number of hydrogen-bond donors (Lipinski definition) is 1. The summed E-state index contributed by atoms with van der Waals surface area (Å²) in [5.74, 6) is 0.490. The van der Waals surface area contributed by atoms with E-state index in [0.717, 1.165) is 0 Å². The second-order valence-corrected chi connectivity index (χ2v) is 10.0. The highest BCUT2D eigenvalue weighted by molar-refractivity contribution is 7.92. The van der Waals surface area contributed by atoms with Crippen LogP contribution in [0.5, 0.6) is 0 Å². The molecule has 1 saturated heterocycles. The van der Waals surface area contributed by atoms with Crippen LogP contribution in [0.1, 0.15) is 27.7 Å². The molecule has 1 heterocycles. The van der Waals surface area contributed by atoms with Crippen molar-refractivity contribution in [3.63, 3.8) is 0 Å². The van der Waals surface area contributed by atoms with Gasteiger partial charge in [0.1, 0.15) is 6.04 Å². The third-order valence-corrected chi connectivity index (χ3v) is 7.04. The summed E-state index contributed by atoms with van der Waals surface area (Å²) in [6.45, 7) is 7.71. The van der Waals surface area contributed by atoms with Crippen LogP contribution in [-0.4, -0.2) is 86.7 Å². The molecule has 1 unspecified atom stereocenters. The standard InChI is InChI=1S/C15H29F3N4O2S/c1-12(15(16,17)18)21-7-9-22(10-8-21)13(19-5)20-6-11-25(23,24)14(2,3)4/h12H,6-11H2,1-5H3,(H,19,20). The molecule has 0 radical (unpaired) electrons. The maximum absolute atomic E-state index is 12.8. The van der Waals surface area contributed by atoms with Gasteiger partial charge in [-0.3, -0.25) is 9.89 Å². The Kier molecular flexibility index (Phi) is 7.14. The van der Waals surface area contributed by atoms with Crippen LogP contribution >= 0.6 is 0 Å². The molecule has 1 aliphatic rings. The lowest BCUT2D eigenvalue weighted by molar-refractivity contribution is -0.181. The number of aliphatic imine (C=N–C) groups is 1. The zero-order valence-electron chi connectivity index (χ0n) is 15.5. The molecule has 1 atom stereocenters. The van der Waals surface area contributed by atoms with E-state index in [-0.39, 0.29) is 25.4 Å². The Morgan fingerprint density at radius 2 is 1.68 bits per heavy atom. The van der Waals surface area contributed by atoms with Crippen LogP contribution < -0.4 is 5.32 Å². The molecule has 1 fully saturated rings. The van der Waals surface area contributed by atoms with Crippen molar-refractivity contribution >= 4 is 15.8 Å². The first-order chi connectivity index (χ1) is 11.3. The maximum Gasteiger partial charge on any atom is 0.403 e. The first-order valence-electron chi connectivity index (χ1n) is 8.28. The number of nitrogens with one attached hydrogen (secondary N) is 1. The van der Waals surface area contributed by atoms with Crippen LogP contribution in [0.2, 0.25) is 0 Å². The van der Waals surface area contributed by atoms with Crippen LogP contribution in [0.25, 0.3) is 0 Å². The number of hydrogen-bond acceptors (Lipinski definition) is 4. The van der Waals surface area contributed by atoms with E-state index in [9.17, 15) is 21.6 Å². The van der Waals surface area contributed by atoms with Gasteiger partial charge in [-0.1, -0.05) is 0 Å². The van der Waals surface area contributed by atoms with Crippen LogP contribution in [0.3, 0.4) is 0 Å². The molecule has 0 amide bonds. The Morgan fingerprint density at radius 3 is 2.08 bits per heavy atom. The SMILES string of the molecule is CN=C(NCCS(=O)(=O)C(C)(C)C)N1CCN(C(C)C(F)(F)F)CC1. The summed E-state index contributed by atoms with van der Waals surface area (Å²) in [4.78, 5) is 7.36. The largest absolute Gasteiger partial charge is 0.403 e. The summed E-state index contributed by atoms with van der Waals surface area (Å²) in [6.07, 6.45) is -4.23. The fourth-order valence-corrected chi connectivity index (χ4v) is 3.45. The minimum absolute atomic E-state index is 0.0272. The summed E-state index contributed by atoms with van der Waals surface area (Å²) in [6, 6.07) is -1.47. The third-order valence-electron chi connectivity index (χ3n) is 4.43. The highest BCUT2D eigenvalue weighted by Gasteiger charge is 2.41. The molecule has 10 heteroatoms. The van der Waals surface area contributed by atoms with Gasteiger partial charge >= 0.3 is 6.18 Å². The number of nitrogens with zero attached hydrogens (tertiary/aromatic N) is 3. The Labute approximate surface area is 148 Å². The van der Waals surface area contributed by atoms with Gasteiger partial charge in [0.05, 0.1) is 10.5 Å². The van der Waals surface area contributed by atoms with E-state index in [1.165, 1.54) is 11.8 Å². The predicted molar refractivity (Wildman–Crippen MR) is 93.6 cm³/mol. The molecule has 0 spiro atoms. The van der Waals surface area contributed by atoms with Crippen molar-refractivity contribution in [2.24, 2.45) is 4.99 Å². The smallest absolute Gasteiger partial charge is 0.355 e. The molecule has 0 saturated carbocycles. The predicted octanol–water partition coefficient (Wildman–Crippen LogP) is 1.34. The highest BCUT2D eigenvalue weighted by Crippen LogP contribution is 2.25. The zero-order valence-corrected chi connectivity index (χ0v) is 16.3. The van der Waals surface area contributed by atoms with E-state index in [1.54, 1.807) is 27.8 Å². The van der Waals surface area contributed by atoms with Gasteiger partial charge in [0.25, 0.3) is 0 Å². The number of halogens is 3. The van der Waals surface area contributed by atoms with E-state index in [0.29, 0.717) is 19.0 Å². The number of piperazine rings is 1. The third kappa shape index (κ3) is 6.02. The quantitative estimate of drug-likeness (QED) is 0.584. The molecule has 1 rings (SSSR count). The van der Waals surface area contributed by atoms with Gasteiger partial charge in [-0.25, -0.2) is 8.42 Å². The van der Waals surface area contributed by atoms with E-state index in [4.69, 9.17) is 0 Å². The second kappa shape index (κ2) is 8.11. The van der Waals surface area contributed by atoms with Crippen molar-refractivity contribution in [1.82, 2.24) is 15.1 Å². The van der Waals surface area contributed by atoms with Crippen molar-refractivity contribution in [3.05, 3.63) is 0 Å². The highest BCUT2D eigenvalue weighted by atomic mass is 32.2. The average molecular weight is 386 g/mol. The van der Waals surface area contributed by atoms with Crippen LogP contribution in [0.4, 0.5) is 13.2 Å². The molecule has 0 aliphatic carbocycles. The van der Waals surface area contributed by atoms with Crippen molar-refractivity contribution in [2.75, 3.05) is 45.5 Å². The second-order valence-electron chi connectivity index (χ2n) is 7.15. The lowest BCUT2D eigenvalue weighted by Crippen LogP contribution is -2.57. The van der Waals surface area contributed by atoms with Crippen molar-refractivity contribution in [1.29, 1.82) is 0 Å². The van der Waals surface area contributed by atoms with Crippen LogP contribution in [0.15, 0.2) is 4.99 Å². The minimum atomic E-state index is -4.23. The van der Waals surface area contributed by atoms with Gasteiger partial charge in [-0.2, -0.15) is 13.2 Å². The summed E-state index contributed by atoms with van der Waals surface area (Å²) in [7, 11) is -1.66. The Balaban J connectivity index is 2.53. The summed E-state index contributed by atoms with van der Waals surface area (Å²) in [5, 5.41) is 3.00. The van der Waals surface area contributed by atoms with Gasteiger partial charge in [-0.15, -0.1) is 0 Å². The monoisotopic (exact) mass is 386 g/mol. The van der Waals surface area contributed by atoms with Gasteiger partial charge in [0, 0.05) is 39.8 Å². The number of alkyl halides is 3. The molecule has 0 bridgehead atoms. The lowest BCUT2D eigenvalue weighted by Gasteiger charge is -2.39. The van der Waals surface area contributed by atoms with E-state index in [2.05, 4.69) is 10.3 Å². The molecular formula is C15H29F3N4O2S. The van der Waals surface area contributed by atoms with Crippen LogP contribution in [0, 0.1) is 0 Å². The van der Waals surface area contributed by atoms with Crippen LogP contribution in [-0.2, 0) is 9.84 Å². The van der Waals surface area contributed by atoms with Crippen molar-refractivity contribution in [3.8, 4) is 0 Å². The first-order valence-corrected chi connectivity index (χ1v) is 9.93. The molecule has 0 aromatic carbocycles. The van der Waals surface area contributed by atoms with Crippen molar-refractivity contribution in [2.45, 2.75) is 44.7 Å². The molecule has 0 aromatic rings. The van der Waals surface area contributed by atoms with E-state index in [1.807, 2.05) is 4.90 Å². The molecule has 1 aliphatic heterocycles. The Morgan fingerprint density at radius 1 is 1.16 bits per heavy atom. The fourth-order valence-electron chi connectivity index (χ4n) is 2.46. The molecular weight excluding hydrogens is 357 g/mol. The normalized spacial score (nSPS) is 19.8. The molecule has 25 heavy (non-hydrogen) atoms. The van der Waals surface area contributed by atoms with Gasteiger partial charge in [0.2, 0.25) is 0 Å². The van der Waals surface area contributed by atoms with E-state index >= 15 is 0 Å². The van der Waals surface area contributed by atoms with Gasteiger partial charge in [-0.05, 0) is 27.7 Å². The molecule has 0 aromatic heterocycles. The van der Waals surface area contributed by atoms with Crippen molar-refractivity contribution < 1.29 is 21.6 Å². The Hall–Kier alpha value is -1.03. The fraction of sp³-hybridized carbons (Fsp3) is 0.933. The minimum Gasteiger partial charge on any atom is -0.355 e. The van der Waals surface area contributed by atoms with Gasteiger partial charge < -0.3 is 10.2 Å².